The van der Waals surface area contributed by atoms with Crippen LogP contribution < -0.4 is 10.6 Å². The molecule has 134 valence electrons. The van der Waals surface area contributed by atoms with Gasteiger partial charge in [0.1, 0.15) is 0 Å². The molecule has 0 atom stereocenters. The van der Waals surface area contributed by atoms with Crippen LogP contribution in [0.2, 0.25) is 0 Å². The number of hydrogen-bond acceptors (Lipinski definition) is 3. The molecule has 0 bridgehead atoms. The minimum Gasteiger partial charge on any atom is -0.317 e. The molecule has 2 aromatic rings. The van der Waals surface area contributed by atoms with Gasteiger partial charge in [0.15, 0.2) is 0 Å². The minimum absolute atomic E-state index is 0.188. The average molecular weight is 338 g/mol. The van der Waals surface area contributed by atoms with Crippen molar-refractivity contribution in [2.75, 3.05) is 19.6 Å². The summed E-state index contributed by atoms with van der Waals surface area (Å²) in [6, 6.07) is 9.59. The Kier molecular flexibility index (Phi) is 4.42. The van der Waals surface area contributed by atoms with Crippen LogP contribution in [0.4, 0.5) is 0 Å². The zero-order chi connectivity index (χ0) is 17.4. The van der Waals surface area contributed by atoms with E-state index in [9.17, 15) is 0 Å². The summed E-state index contributed by atoms with van der Waals surface area (Å²) in [4.78, 5) is 0. The van der Waals surface area contributed by atoms with E-state index in [-0.39, 0.29) is 5.41 Å². The van der Waals surface area contributed by atoms with Crippen molar-refractivity contribution in [1.29, 1.82) is 0 Å². The van der Waals surface area contributed by atoms with Crippen molar-refractivity contribution in [1.82, 2.24) is 20.4 Å². The van der Waals surface area contributed by atoms with Crippen LogP contribution >= 0.6 is 0 Å². The third-order valence-electron chi connectivity index (χ3n) is 5.64. The SMILES string of the molecule is CC(C)(C)c1ccc(-c2nn(C3CCNCC3)c3c2CNCC3)cc1. The molecule has 2 N–H and O–H groups in total. The summed E-state index contributed by atoms with van der Waals surface area (Å²) in [6.07, 6.45) is 3.46. The van der Waals surface area contributed by atoms with Gasteiger partial charge in [-0.3, -0.25) is 4.68 Å². The molecule has 0 radical (unpaired) electrons. The maximum atomic E-state index is 5.13. The van der Waals surface area contributed by atoms with E-state index in [2.05, 4.69) is 60.4 Å². The molecule has 1 fully saturated rings. The molecule has 3 heterocycles. The Hall–Kier alpha value is -1.65. The maximum Gasteiger partial charge on any atom is 0.0971 e. The van der Waals surface area contributed by atoms with E-state index < -0.39 is 0 Å². The van der Waals surface area contributed by atoms with Crippen LogP contribution in [0.25, 0.3) is 11.3 Å². The van der Waals surface area contributed by atoms with Gasteiger partial charge in [0.25, 0.3) is 0 Å². The Labute approximate surface area is 151 Å². The van der Waals surface area contributed by atoms with E-state index in [1.165, 1.54) is 40.9 Å². The first-order valence-corrected chi connectivity index (χ1v) is 9.66. The molecule has 1 aromatic heterocycles. The highest BCUT2D eigenvalue weighted by Gasteiger charge is 2.26. The predicted octanol–water partition coefficient (Wildman–Crippen LogP) is 3.42. The second-order valence-electron chi connectivity index (χ2n) is 8.45. The number of aromatic nitrogens is 2. The molecule has 0 amide bonds. The van der Waals surface area contributed by atoms with Crippen LogP contribution in [0.3, 0.4) is 0 Å². The molecule has 0 unspecified atom stereocenters. The monoisotopic (exact) mass is 338 g/mol. The van der Waals surface area contributed by atoms with Gasteiger partial charge in [0.05, 0.1) is 11.7 Å². The fourth-order valence-electron chi connectivity index (χ4n) is 4.09. The third-order valence-corrected chi connectivity index (χ3v) is 5.64. The van der Waals surface area contributed by atoms with Crippen LogP contribution in [-0.2, 0) is 18.4 Å². The van der Waals surface area contributed by atoms with Crippen LogP contribution in [-0.4, -0.2) is 29.4 Å². The molecule has 0 spiro atoms. The van der Waals surface area contributed by atoms with Gasteiger partial charge in [-0.2, -0.15) is 5.10 Å². The van der Waals surface area contributed by atoms with Crippen molar-refractivity contribution in [3.8, 4) is 11.3 Å². The van der Waals surface area contributed by atoms with Crippen molar-refractivity contribution in [2.45, 2.75) is 58.0 Å². The molecule has 4 heteroatoms. The second kappa shape index (κ2) is 6.58. The Bertz CT molecular complexity index is 730. The molecule has 0 aliphatic carbocycles. The number of nitrogens with zero attached hydrogens (tertiary/aromatic N) is 2. The Morgan fingerprint density at radius 2 is 1.72 bits per heavy atom. The standard InChI is InChI=1S/C21H30N4/c1-21(2,3)16-6-4-15(5-7-16)20-18-14-23-13-10-19(18)25(24-20)17-8-11-22-12-9-17/h4-7,17,22-23H,8-14H2,1-3H3. The van der Waals surface area contributed by atoms with E-state index in [4.69, 9.17) is 5.10 Å². The number of hydrogen-bond donors (Lipinski definition) is 2. The predicted molar refractivity (Wildman–Crippen MR) is 103 cm³/mol. The number of piperidine rings is 1. The van der Waals surface area contributed by atoms with Gasteiger partial charge < -0.3 is 10.6 Å². The zero-order valence-corrected chi connectivity index (χ0v) is 15.7. The normalized spacial score (nSPS) is 19.0. The average Bonchev–Trinajstić information content (AvgIpc) is 3.02. The van der Waals surface area contributed by atoms with Crippen molar-refractivity contribution in [3.63, 3.8) is 0 Å². The Balaban J connectivity index is 1.73. The minimum atomic E-state index is 0.188. The molecule has 4 nitrogen and oxygen atoms in total. The Morgan fingerprint density at radius 1 is 1.00 bits per heavy atom. The van der Waals surface area contributed by atoms with Gasteiger partial charge in [-0.1, -0.05) is 45.0 Å². The second-order valence-corrected chi connectivity index (χ2v) is 8.45. The highest BCUT2D eigenvalue weighted by molar-refractivity contribution is 5.65. The fraction of sp³-hybridized carbons (Fsp3) is 0.571. The molecule has 4 rings (SSSR count). The topological polar surface area (TPSA) is 41.9 Å². The summed E-state index contributed by atoms with van der Waals surface area (Å²) in [7, 11) is 0. The van der Waals surface area contributed by atoms with E-state index in [1.54, 1.807) is 0 Å². The number of benzene rings is 1. The van der Waals surface area contributed by atoms with Gasteiger partial charge in [0, 0.05) is 36.3 Å². The lowest BCUT2D eigenvalue weighted by molar-refractivity contribution is 0.333. The smallest absolute Gasteiger partial charge is 0.0971 e. The molecule has 2 aliphatic heterocycles. The lowest BCUT2D eigenvalue weighted by atomic mass is 9.86. The first-order chi connectivity index (χ1) is 12.0. The lowest BCUT2D eigenvalue weighted by Crippen LogP contribution is -2.32. The summed E-state index contributed by atoms with van der Waals surface area (Å²) in [6.45, 7) is 11.0. The van der Waals surface area contributed by atoms with Gasteiger partial charge in [-0.25, -0.2) is 0 Å². The van der Waals surface area contributed by atoms with Gasteiger partial charge >= 0.3 is 0 Å². The molecular formula is C21H30N4. The van der Waals surface area contributed by atoms with Crippen molar-refractivity contribution >= 4 is 0 Å². The van der Waals surface area contributed by atoms with Crippen molar-refractivity contribution < 1.29 is 0 Å². The van der Waals surface area contributed by atoms with E-state index in [0.29, 0.717) is 6.04 Å². The zero-order valence-electron chi connectivity index (χ0n) is 15.7. The number of nitrogens with one attached hydrogen (secondary N) is 2. The van der Waals surface area contributed by atoms with Crippen molar-refractivity contribution in [3.05, 3.63) is 41.1 Å². The summed E-state index contributed by atoms with van der Waals surface area (Å²) in [5.41, 5.74) is 6.87. The fourth-order valence-corrected chi connectivity index (χ4v) is 4.09. The molecule has 0 saturated carbocycles. The molecule has 2 aliphatic rings. The van der Waals surface area contributed by atoms with Crippen LogP contribution in [0, 0.1) is 0 Å². The van der Waals surface area contributed by atoms with E-state index in [0.717, 1.165) is 32.6 Å². The summed E-state index contributed by atoms with van der Waals surface area (Å²) < 4.78 is 2.37. The quantitative estimate of drug-likeness (QED) is 0.882. The number of rotatable bonds is 2. The summed E-state index contributed by atoms with van der Waals surface area (Å²) >= 11 is 0. The van der Waals surface area contributed by atoms with E-state index >= 15 is 0 Å². The number of fused-ring (bicyclic) bond motifs is 1. The largest absolute Gasteiger partial charge is 0.317 e. The molecule has 25 heavy (non-hydrogen) atoms. The van der Waals surface area contributed by atoms with Gasteiger partial charge in [-0.15, -0.1) is 0 Å². The van der Waals surface area contributed by atoms with Gasteiger partial charge in [0.2, 0.25) is 0 Å². The highest BCUT2D eigenvalue weighted by atomic mass is 15.3. The van der Waals surface area contributed by atoms with Gasteiger partial charge in [-0.05, 0) is 36.9 Å². The maximum absolute atomic E-state index is 5.13. The van der Waals surface area contributed by atoms with Crippen LogP contribution in [0.5, 0.6) is 0 Å². The molecule has 1 aromatic carbocycles. The summed E-state index contributed by atoms with van der Waals surface area (Å²) in [5.74, 6) is 0. The first kappa shape index (κ1) is 16.8. The molecule has 1 saturated heterocycles. The third kappa shape index (κ3) is 3.25. The van der Waals surface area contributed by atoms with Crippen LogP contribution in [0.1, 0.15) is 56.5 Å². The summed E-state index contributed by atoms with van der Waals surface area (Å²) in [5, 5.41) is 12.1. The van der Waals surface area contributed by atoms with Crippen LogP contribution in [0.15, 0.2) is 24.3 Å². The lowest BCUT2D eigenvalue weighted by Gasteiger charge is -2.26. The first-order valence-electron chi connectivity index (χ1n) is 9.66. The molecular weight excluding hydrogens is 308 g/mol. The van der Waals surface area contributed by atoms with E-state index in [1.807, 2.05) is 0 Å². The highest BCUT2D eigenvalue weighted by Crippen LogP contribution is 2.33. The van der Waals surface area contributed by atoms with Crippen molar-refractivity contribution in [2.24, 2.45) is 0 Å². The Morgan fingerprint density at radius 3 is 2.40 bits per heavy atom.